The third-order valence-electron chi connectivity index (χ3n) is 3.36. The van der Waals surface area contributed by atoms with E-state index < -0.39 is 11.6 Å². The van der Waals surface area contributed by atoms with Crippen molar-refractivity contribution < 1.29 is 13.5 Å². The third kappa shape index (κ3) is 3.76. The van der Waals surface area contributed by atoms with Gasteiger partial charge in [-0.05, 0) is 48.2 Å². The summed E-state index contributed by atoms with van der Waals surface area (Å²) in [6.07, 6.45) is 5.49. The van der Waals surface area contributed by atoms with E-state index in [0.717, 1.165) is 18.4 Å². The number of hydrogen-bond donors (Lipinski definition) is 1. The predicted molar refractivity (Wildman–Crippen MR) is 74.8 cm³/mol. The molecule has 0 radical (unpaired) electrons. The molecule has 3 rings (SSSR count). The molecule has 1 aromatic heterocycles. The topological polar surface area (TPSA) is 34.1 Å². The fourth-order valence-electron chi connectivity index (χ4n) is 2.04. The van der Waals surface area contributed by atoms with Crippen molar-refractivity contribution in [3.8, 4) is 5.75 Å². The molecule has 1 aliphatic carbocycles. The first-order valence-electron chi connectivity index (χ1n) is 6.95. The summed E-state index contributed by atoms with van der Waals surface area (Å²) in [5.41, 5.74) is 1.40. The first-order valence-corrected chi connectivity index (χ1v) is 6.95. The molecular formula is C16H16F2N2O. The number of pyridine rings is 1. The zero-order valence-electron chi connectivity index (χ0n) is 11.5. The van der Waals surface area contributed by atoms with Gasteiger partial charge in [-0.2, -0.15) is 0 Å². The van der Waals surface area contributed by atoms with E-state index in [1.807, 2.05) is 0 Å². The quantitative estimate of drug-likeness (QED) is 0.887. The van der Waals surface area contributed by atoms with Crippen molar-refractivity contribution in [1.29, 1.82) is 0 Å². The molecular weight excluding hydrogens is 274 g/mol. The highest BCUT2D eigenvalue weighted by Gasteiger charge is 2.20. The largest absolute Gasteiger partial charge is 0.483 e. The van der Waals surface area contributed by atoms with Crippen LogP contribution in [-0.4, -0.2) is 11.0 Å². The van der Waals surface area contributed by atoms with Gasteiger partial charge in [-0.25, -0.2) is 8.78 Å². The monoisotopic (exact) mass is 290 g/mol. The van der Waals surface area contributed by atoms with Crippen LogP contribution in [0.1, 0.15) is 24.0 Å². The molecule has 5 heteroatoms. The molecule has 0 unspecified atom stereocenters. The molecule has 0 aliphatic heterocycles. The second kappa shape index (κ2) is 6.18. The van der Waals surface area contributed by atoms with Crippen LogP contribution < -0.4 is 10.1 Å². The van der Waals surface area contributed by atoms with Crippen LogP contribution in [0, 0.1) is 11.6 Å². The van der Waals surface area contributed by atoms with Crippen LogP contribution in [0.2, 0.25) is 0 Å². The summed E-state index contributed by atoms with van der Waals surface area (Å²) in [5, 5.41) is 3.22. The molecule has 3 nitrogen and oxygen atoms in total. The fourth-order valence-corrected chi connectivity index (χ4v) is 2.04. The smallest absolute Gasteiger partial charge is 0.191 e. The molecule has 0 spiro atoms. The Morgan fingerprint density at radius 2 is 1.76 bits per heavy atom. The lowest BCUT2D eigenvalue weighted by Crippen LogP contribution is -2.15. The van der Waals surface area contributed by atoms with Crippen molar-refractivity contribution in [1.82, 2.24) is 10.3 Å². The van der Waals surface area contributed by atoms with E-state index >= 15 is 0 Å². The molecule has 1 fully saturated rings. The molecule has 1 heterocycles. The predicted octanol–water partition coefficient (Wildman–Crippen LogP) is 3.19. The van der Waals surface area contributed by atoms with Gasteiger partial charge in [0.15, 0.2) is 17.4 Å². The summed E-state index contributed by atoms with van der Waals surface area (Å²) in [6.45, 7) is 0.583. The van der Waals surface area contributed by atoms with E-state index in [2.05, 4.69) is 10.3 Å². The molecule has 0 bridgehead atoms. The van der Waals surface area contributed by atoms with Crippen molar-refractivity contribution >= 4 is 0 Å². The van der Waals surface area contributed by atoms with Gasteiger partial charge in [0, 0.05) is 25.0 Å². The van der Waals surface area contributed by atoms with Gasteiger partial charge in [0.25, 0.3) is 0 Å². The molecule has 0 amide bonds. The van der Waals surface area contributed by atoms with Gasteiger partial charge >= 0.3 is 0 Å². The van der Waals surface area contributed by atoms with Crippen molar-refractivity contribution in [3.63, 3.8) is 0 Å². The lowest BCUT2D eigenvalue weighted by Gasteiger charge is -2.10. The Bertz CT molecular complexity index is 592. The van der Waals surface area contributed by atoms with Crippen LogP contribution >= 0.6 is 0 Å². The van der Waals surface area contributed by atoms with E-state index in [9.17, 15) is 8.78 Å². The highest BCUT2D eigenvalue weighted by Crippen LogP contribution is 2.25. The van der Waals surface area contributed by atoms with Gasteiger partial charge in [-0.15, -0.1) is 0 Å². The van der Waals surface area contributed by atoms with Crippen LogP contribution in [-0.2, 0) is 13.2 Å². The van der Waals surface area contributed by atoms with Crippen LogP contribution in [0.15, 0.2) is 36.7 Å². The summed E-state index contributed by atoms with van der Waals surface area (Å²) >= 11 is 0. The van der Waals surface area contributed by atoms with E-state index in [1.54, 1.807) is 24.5 Å². The van der Waals surface area contributed by atoms with Gasteiger partial charge in [0.05, 0.1) is 0 Å². The van der Waals surface area contributed by atoms with Gasteiger partial charge in [0.2, 0.25) is 0 Å². The number of halogens is 2. The molecule has 1 N–H and O–H groups in total. The number of nitrogens with zero attached hydrogens (tertiary/aromatic N) is 1. The molecule has 110 valence electrons. The van der Waals surface area contributed by atoms with Gasteiger partial charge in [-0.3, -0.25) is 4.98 Å². The Morgan fingerprint density at radius 3 is 2.38 bits per heavy atom. The maximum absolute atomic E-state index is 13.9. The number of aromatic nitrogens is 1. The standard InChI is InChI=1S/C16H16F2N2O/c17-14-7-12(9-20-13-1-2-13)8-15(18)16(14)21-10-11-3-5-19-6-4-11/h3-8,13,20H,1-2,9-10H2. The Kier molecular flexibility index (Phi) is 4.10. The lowest BCUT2D eigenvalue weighted by molar-refractivity contribution is 0.273. The lowest BCUT2D eigenvalue weighted by atomic mass is 10.2. The highest BCUT2D eigenvalue weighted by atomic mass is 19.1. The van der Waals surface area contributed by atoms with Crippen molar-refractivity contribution in [2.24, 2.45) is 0 Å². The number of hydrogen-bond acceptors (Lipinski definition) is 3. The minimum absolute atomic E-state index is 0.107. The maximum Gasteiger partial charge on any atom is 0.191 e. The second-order valence-electron chi connectivity index (χ2n) is 5.19. The first kappa shape index (κ1) is 13.9. The molecule has 1 saturated carbocycles. The van der Waals surface area contributed by atoms with Crippen LogP contribution in [0.5, 0.6) is 5.75 Å². The minimum atomic E-state index is -0.670. The summed E-state index contributed by atoms with van der Waals surface area (Å²) in [4.78, 5) is 3.88. The van der Waals surface area contributed by atoms with Crippen molar-refractivity contribution in [2.75, 3.05) is 0 Å². The first-order chi connectivity index (χ1) is 10.2. The zero-order chi connectivity index (χ0) is 14.7. The summed E-state index contributed by atoms with van der Waals surface area (Å²) < 4.78 is 33.1. The van der Waals surface area contributed by atoms with Crippen molar-refractivity contribution in [3.05, 3.63) is 59.4 Å². The number of benzene rings is 1. The van der Waals surface area contributed by atoms with E-state index in [4.69, 9.17) is 4.74 Å². The Morgan fingerprint density at radius 1 is 1.10 bits per heavy atom. The third-order valence-corrected chi connectivity index (χ3v) is 3.36. The average molecular weight is 290 g/mol. The SMILES string of the molecule is Fc1cc(CNC2CC2)cc(F)c1OCc1ccncc1. The van der Waals surface area contributed by atoms with Gasteiger partial charge < -0.3 is 10.1 Å². The van der Waals surface area contributed by atoms with E-state index in [-0.39, 0.29) is 12.4 Å². The minimum Gasteiger partial charge on any atom is -0.483 e. The van der Waals surface area contributed by atoms with E-state index in [1.165, 1.54) is 12.1 Å². The Hall–Kier alpha value is -2.01. The molecule has 0 saturated heterocycles. The fraction of sp³-hybridized carbons (Fsp3) is 0.312. The van der Waals surface area contributed by atoms with Gasteiger partial charge in [0.1, 0.15) is 6.61 Å². The van der Waals surface area contributed by atoms with Crippen LogP contribution in [0.4, 0.5) is 8.78 Å². The summed E-state index contributed by atoms with van der Waals surface area (Å²) in [7, 11) is 0. The van der Waals surface area contributed by atoms with E-state index in [0.29, 0.717) is 18.2 Å². The maximum atomic E-state index is 13.9. The Labute approximate surface area is 122 Å². The van der Waals surface area contributed by atoms with Crippen molar-refractivity contribution in [2.45, 2.75) is 32.0 Å². The second-order valence-corrected chi connectivity index (χ2v) is 5.19. The normalized spacial score (nSPS) is 14.2. The summed E-state index contributed by atoms with van der Waals surface area (Å²) in [5.74, 6) is -1.67. The average Bonchev–Trinajstić information content (AvgIpc) is 3.29. The highest BCUT2D eigenvalue weighted by molar-refractivity contribution is 5.31. The van der Waals surface area contributed by atoms with Crippen LogP contribution in [0.3, 0.4) is 0 Å². The number of rotatable bonds is 6. The van der Waals surface area contributed by atoms with Crippen LogP contribution in [0.25, 0.3) is 0 Å². The molecule has 1 aromatic carbocycles. The summed E-state index contributed by atoms with van der Waals surface area (Å²) in [6, 6.07) is 6.62. The molecule has 2 aromatic rings. The Balaban J connectivity index is 1.66. The zero-order valence-corrected chi connectivity index (χ0v) is 11.5. The molecule has 0 atom stereocenters. The number of ether oxygens (including phenoxy) is 1. The molecule has 1 aliphatic rings. The van der Waals surface area contributed by atoms with Gasteiger partial charge in [-0.1, -0.05) is 0 Å². The molecule has 21 heavy (non-hydrogen) atoms. The number of nitrogens with one attached hydrogen (secondary N) is 1.